The third-order valence-corrected chi connectivity index (χ3v) is 0. The molecular formula is CAlLiNa2O5. The van der Waals surface area contributed by atoms with Gasteiger partial charge >= 0.3 is 101 Å². The van der Waals surface area contributed by atoms with Crippen LogP contribution in [0, 0.1) is 0 Å². The van der Waals surface area contributed by atoms with Crippen LogP contribution < -0.4 is 92.3 Å². The van der Waals surface area contributed by atoms with Gasteiger partial charge < -0.3 is 15.0 Å². The summed E-state index contributed by atoms with van der Waals surface area (Å²) in [5, 5.41) is 16.7. The third-order valence-electron chi connectivity index (χ3n) is 0. The summed E-state index contributed by atoms with van der Waals surface area (Å²) in [7, 11) is 0. The average Bonchev–Trinajstić information content (AvgIpc) is 1.33. The summed E-state index contributed by atoms with van der Waals surface area (Å²) in [4.78, 5) is 8.33. The number of carbonyl (C=O) groups is 1. The van der Waals surface area contributed by atoms with Crippen molar-refractivity contribution in [1.82, 2.24) is 0 Å². The van der Waals surface area contributed by atoms with Crippen molar-refractivity contribution in [3.63, 3.8) is 0 Å². The van der Waals surface area contributed by atoms with Gasteiger partial charge in [0.15, 0.2) is 0 Å². The minimum atomic E-state index is -2.33. The molecule has 0 radical (unpaired) electrons. The van der Waals surface area contributed by atoms with Crippen molar-refractivity contribution in [2.75, 3.05) is 0 Å². The van der Waals surface area contributed by atoms with E-state index in [0.717, 1.165) is 0 Å². The topological polar surface area (TPSA) is 103 Å². The van der Waals surface area contributed by atoms with Gasteiger partial charge in [0.25, 0.3) is 0 Å². The first-order valence-corrected chi connectivity index (χ1v) is 2.03. The molecule has 40 valence electrons. The van der Waals surface area contributed by atoms with Crippen molar-refractivity contribution in [2.45, 2.75) is 0 Å². The first kappa shape index (κ1) is 29.6. The fourth-order valence-corrected chi connectivity index (χ4v) is 0. The average molecular weight is 172 g/mol. The van der Waals surface area contributed by atoms with Crippen LogP contribution in [0.1, 0.15) is 0 Å². The molecule has 0 rings (SSSR count). The van der Waals surface area contributed by atoms with E-state index in [1.165, 1.54) is 0 Å². The van der Waals surface area contributed by atoms with Crippen LogP contribution in [0.15, 0.2) is 0 Å². The Morgan fingerprint density at radius 1 is 1.20 bits per heavy atom. The molecule has 0 fully saturated rings. The molecule has 0 aromatic carbocycles. The Hall–Kier alpha value is 2.00. The Labute approximate surface area is 121 Å². The van der Waals surface area contributed by atoms with Gasteiger partial charge in [-0.1, -0.05) is 0 Å². The van der Waals surface area contributed by atoms with E-state index in [2.05, 4.69) is 0 Å². The van der Waals surface area contributed by atoms with Gasteiger partial charge in [-0.2, -0.15) is 0 Å². The van der Waals surface area contributed by atoms with Crippen molar-refractivity contribution in [2.24, 2.45) is 0 Å². The van der Waals surface area contributed by atoms with Crippen LogP contribution in [0.25, 0.3) is 0 Å². The molecule has 0 saturated heterocycles. The van der Waals surface area contributed by atoms with Crippen LogP contribution in [0.5, 0.6) is 0 Å². The van der Waals surface area contributed by atoms with Crippen molar-refractivity contribution >= 4 is 21.6 Å². The molecule has 9 heteroatoms. The molecular weight excluding hydrogens is 172 g/mol. The molecule has 0 saturated carbocycles. The second-order valence-corrected chi connectivity index (χ2v) is 0.539. The molecule has 0 bridgehead atoms. The van der Waals surface area contributed by atoms with Gasteiger partial charge in [-0.05, 0) is 6.16 Å². The number of hydrogen-bond acceptors (Lipinski definition) is 5. The molecule has 0 unspecified atom stereocenters. The summed E-state index contributed by atoms with van der Waals surface area (Å²) in [5.41, 5.74) is 0. The number of hydrogen-bond donors (Lipinski definition) is 0. The van der Waals surface area contributed by atoms with E-state index >= 15 is 0 Å². The number of carbonyl (C=O) groups excluding carboxylic acids is 1. The quantitative estimate of drug-likeness (QED) is 0.337. The normalized spacial score (nSPS) is 3.20. The molecule has 0 aromatic heterocycles. The molecule has 5 nitrogen and oxygen atoms in total. The van der Waals surface area contributed by atoms with E-state index in [1.54, 1.807) is 0 Å². The Morgan fingerprint density at radius 2 is 1.20 bits per heavy atom. The standard InChI is InChI=1S/CH2O3.Al.Li.2Na.2O/c2-1(3)4;;;;;;/h(H2,2,3,4);;;;;;/q;;3*+1;;-1/p-2. The molecule has 0 heterocycles. The monoisotopic (exact) mass is 172 g/mol. The van der Waals surface area contributed by atoms with E-state index in [0.29, 0.717) is 0 Å². The van der Waals surface area contributed by atoms with Gasteiger partial charge in [0.1, 0.15) is 0 Å². The molecule has 0 spiro atoms. The van der Waals surface area contributed by atoms with Gasteiger partial charge in [0, 0.05) is 0 Å². The van der Waals surface area contributed by atoms with Crippen LogP contribution in [-0.4, -0.2) is 21.6 Å². The zero-order chi connectivity index (χ0) is 6.28. The molecule has 10 heavy (non-hydrogen) atoms. The first-order valence-electron chi connectivity index (χ1n) is 1.08. The maximum atomic E-state index is 8.46. The molecule has 0 aromatic rings. The fraction of sp³-hybridized carbons (Fsp3) is 0. The zero-order valence-electron chi connectivity index (χ0n) is 6.12. The van der Waals surface area contributed by atoms with E-state index in [9.17, 15) is 0 Å². The molecule has 0 aliphatic carbocycles. The number of carboxylic acid groups (broad SMARTS) is 2. The third kappa shape index (κ3) is 203. The Balaban J connectivity index is -0.0000000131. The van der Waals surface area contributed by atoms with E-state index < -0.39 is 21.6 Å². The molecule has 0 atom stereocenters. The van der Waals surface area contributed by atoms with Crippen LogP contribution in [0.2, 0.25) is 0 Å². The van der Waals surface area contributed by atoms with Gasteiger partial charge in [0.2, 0.25) is 0 Å². The minimum absolute atomic E-state index is 0. The summed E-state index contributed by atoms with van der Waals surface area (Å²) in [6, 6.07) is 0. The second-order valence-electron chi connectivity index (χ2n) is 0.346. The van der Waals surface area contributed by atoms with E-state index in [1.807, 2.05) is 0 Å². The molecule has 0 aliphatic heterocycles. The Morgan fingerprint density at radius 3 is 1.20 bits per heavy atom. The molecule has 0 N–H and O–H groups in total. The predicted molar refractivity (Wildman–Crippen MR) is 11.8 cm³/mol. The van der Waals surface area contributed by atoms with E-state index in [-0.39, 0.29) is 78.0 Å². The predicted octanol–water partition coefficient (Wildman–Crippen LogP) is -13.1. The van der Waals surface area contributed by atoms with Crippen molar-refractivity contribution < 1.29 is 101 Å². The molecule has 0 amide bonds. The van der Waals surface area contributed by atoms with Crippen LogP contribution >= 0.6 is 0 Å². The summed E-state index contributed by atoms with van der Waals surface area (Å²) in [5.74, 6) is 0. The second kappa shape index (κ2) is 30.6. The van der Waals surface area contributed by atoms with Gasteiger partial charge in [-0.25, -0.2) is 0 Å². The Kier molecular flexibility index (Phi) is 90.5. The summed E-state index contributed by atoms with van der Waals surface area (Å²) in [6.07, 6.45) is -2.33. The van der Waals surface area contributed by atoms with Gasteiger partial charge in [0.05, 0.1) is 0 Å². The number of rotatable bonds is 0. The summed E-state index contributed by atoms with van der Waals surface area (Å²) in [6.45, 7) is 0. The van der Waals surface area contributed by atoms with Gasteiger partial charge in [-0.3, -0.25) is 0 Å². The van der Waals surface area contributed by atoms with Gasteiger partial charge in [-0.15, -0.1) is 0 Å². The van der Waals surface area contributed by atoms with Crippen LogP contribution in [-0.2, 0) is 3.80 Å². The summed E-state index contributed by atoms with van der Waals surface area (Å²) >= 11 is -1.75. The molecule has 0 aliphatic rings. The fourth-order valence-electron chi connectivity index (χ4n) is 0. The maximum absolute atomic E-state index is 8.46. The van der Waals surface area contributed by atoms with Crippen LogP contribution in [0.4, 0.5) is 4.79 Å². The van der Waals surface area contributed by atoms with E-state index in [4.69, 9.17) is 23.0 Å². The summed E-state index contributed by atoms with van der Waals surface area (Å²) < 4.78 is 16.9. The van der Waals surface area contributed by atoms with Crippen molar-refractivity contribution in [1.29, 1.82) is 0 Å². The SMILES string of the molecule is O=C([O-])[O-].[Li+].[Na+].[Na+].[O]=[Al][O-]. The Bertz CT molecular complexity index is 66.7. The van der Waals surface area contributed by atoms with Crippen LogP contribution in [0.3, 0.4) is 0 Å². The van der Waals surface area contributed by atoms with Crippen molar-refractivity contribution in [3.05, 3.63) is 0 Å². The van der Waals surface area contributed by atoms with Crippen molar-refractivity contribution in [3.8, 4) is 0 Å². The zero-order valence-corrected chi connectivity index (χ0v) is 11.3. The first-order chi connectivity index (χ1) is 3.15.